The molecule has 0 unspecified atom stereocenters. The van der Waals surface area contributed by atoms with Crippen LogP contribution >= 0.6 is 11.6 Å². The van der Waals surface area contributed by atoms with Crippen molar-refractivity contribution >= 4 is 17.5 Å². The molecule has 0 spiro atoms. The van der Waals surface area contributed by atoms with E-state index in [-0.39, 0.29) is 0 Å². The SMILES string of the molecule is CN(CCCCCCl)C(=O)C1CCCCCCC1. The maximum absolute atomic E-state index is 12.3. The molecule has 0 saturated heterocycles. The van der Waals surface area contributed by atoms with Crippen LogP contribution in [-0.2, 0) is 4.79 Å². The Morgan fingerprint density at radius 2 is 1.67 bits per heavy atom. The molecule has 0 atom stereocenters. The third-order valence-corrected chi connectivity index (χ3v) is 4.23. The van der Waals surface area contributed by atoms with Gasteiger partial charge in [0.1, 0.15) is 0 Å². The van der Waals surface area contributed by atoms with Crippen molar-refractivity contribution in [3.05, 3.63) is 0 Å². The van der Waals surface area contributed by atoms with Crippen LogP contribution in [-0.4, -0.2) is 30.3 Å². The molecule has 0 aromatic heterocycles. The molecule has 1 aliphatic carbocycles. The average Bonchev–Trinajstić information content (AvgIpc) is 2.33. The molecule has 18 heavy (non-hydrogen) atoms. The quantitative estimate of drug-likeness (QED) is 0.524. The normalized spacial score (nSPS) is 18.1. The second-order valence-electron chi connectivity index (χ2n) is 5.55. The van der Waals surface area contributed by atoms with Crippen molar-refractivity contribution in [1.82, 2.24) is 4.90 Å². The molecule has 1 rings (SSSR count). The van der Waals surface area contributed by atoms with Crippen molar-refractivity contribution in [2.75, 3.05) is 19.5 Å². The van der Waals surface area contributed by atoms with Crippen LogP contribution < -0.4 is 0 Å². The lowest BCUT2D eigenvalue weighted by molar-refractivity contribution is -0.134. The van der Waals surface area contributed by atoms with Crippen molar-refractivity contribution < 1.29 is 4.79 Å². The fraction of sp³-hybridized carbons (Fsp3) is 0.933. The van der Waals surface area contributed by atoms with Gasteiger partial charge >= 0.3 is 0 Å². The zero-order valence-electron chi connectivity index (χ0n) is 11.8. The molecule has 0 aromatic rings. The number of halogens is 1. The van der Waals surface area contributed by atoms with Crippen molar-refractivity contribution in [2.45, 2.75) is 64.2 Å². The first-order chi connectivity index (χ1) is 8.75. The second-order valence-corrected chi connectivity index (χ2v) is 5.93. The number of unbranched alkanes of at least 4 members (excludes halogenated alkanes) is 2. The Morgan fingerprint density at radius 1 is 1.06 bits per heavy atom. The Labute approximate surface area is 117 Å². The third kappa shape index (κ3) is 6.08. The minimum Gasteiger partial charge on any atom is -0.346 e. The third-order valence-electron chi connectivity index (χ3n) is 3.96. The van der Waals surface area contributed by atoms with E-state index in [2.05, 4.69) is 0 Å². The second kappa shape index (κ2) is 9.66. The van der Waals surface area contributed by atoms with Crippen LogP contribution in [0, 0.1) is 5.92 Å². The molecule has 1 fully saturated rings. The first-order valence-corrected chi connectivity index (χ1v) is 8.10. The van der Waals surface area contributed by atoms with Gasteiger partial charge in [-0.3, -0.25) is 4.79 Å². The minimum atomic E-state index is 0.295. The summed E-state index contributed by atoms with van der Waals surface area (Å²) in [6.07, 6.45) is 11.9. The lowest BCUT2D eigenvalue weighted by Crippen LogP contribution is -2.34. The van der Waals surface area contributed by atoms with Crippen molar-refractivity contribution in [2.24, 2.45) is 5.92 Å². The summed E-state index contributed by atoms with van der Waals surface area (Å²) in [4.78, 5) is 14.3. The molecule has 1 amide bonds. The fourth-order valence-electron chi connectivity index (χ4n) is 2.75. The van der Waals surface area contributed by atoms with Gasteiger partial charge in [0.2, 0.25) is 5.91 Å². The summed E-state index contributed by atoms with van der Waals surface area (Å²) in [6, 6.07) is 0. The number of hydrogen-bond donors (Lipinski definition) is 0. The van der Waals surface area contributed by atoms with E-state index < -0.39 is 0 Å². The monoisotopic (exact) mass is 273 g/mol. The van der Waals surface area contributed by atoms with Crippen molar-refractivity contribution in [1.29, 1.82) is 0 Å². The van der Waals surface area contributed by atoms with E-state index in [0.29, 0.717) is 11.8 Å². The van der Waals surface area contributed by atoms with Gasteiger partial charge in [-0.1, -0.05) is 38.5 Å². The Kier molecular flexibility index (Phi) is 8.49. The Balaban J connectivity index is 2.26. The van der Waals surface area contributed by atoms with Gasteiger partial charge in [-0.25, -0.2) is 0 Å². The van der Waals surface area contributed by atoms with E-state index >= 15 is 0 Å². The number of rotatable bonds is 6. The van der Waals surface area contributed by atoms with E-state index in [9.17, 15) is 4.79 Å². The molecular weight excluding hydrogens is 246 g/mol. The van der Waals surface area contributed by atoms with Gasteiger partial charge < -0.3 is 4.90 Å². The van der Waals surface area contributed by atoms with Gasteiger partial charge in [0, 0.05) is 25.4 Å². The zero-order chi connectivity index (χ0) is 13.2. The van der Waals surface area contributed by atoms with Crippen molar-refractivity contribution in [3.63, 3.8) is 0 Å². The smallest absolute Gasteiger partial charge is 0.225 e. The number of carbonyl (C=O) groups excluding carboxylic acids is 1. The van der Waals surface area contributed by atoms with Gasteiger partial charge in [0.05, 0.1) is 0 Å². The summed E-state index contributed by atoms with van der Waals surface area (Å²) in [6.45, 7) is 0.895. The maximum Gasteiger partial charge on any atom is 0.225 e. The van der Waals surface area contributed by atoms with Gasteiger partial charge in [-0.15, -0.1) is 11.6 Å². The van der Waals surface area contributed by atoms with Crippen molar-refractivity contribution in [3.8, 4) is 0 Å². The fourth-order valence-corrected chi connectivity index (χ4v) is 2.93. The van der Waals surface area contributed by atoms with Crippen LogP contribution in [0.25, 0.3) is 0 Å². The van der Waals surface area contributed by atoms with Gasteiger partial charge in [-0.05, 0) is 25.7 Å². The van der Waals surface area contributed by atoms with Gasteiger partial charge in [-0.2, -0.15) is 0 Å². The van der Waals surface area contributed by atoms with E-state index in [1.165, 1.54) is 32.1 Å². The Bertz CT molecular complexity index is 225. The number of alkyl halides is 1. The lowest BCUT2D eigenvalue weighted by Gasteiger charge is -2.25. The average molecular weight is 274 g/mol. The summed E-state index contributed by atoms with van der Waals surface area (Å²) in [5.74, 6) is 1.41. The number of nitrogens with zero attached hydrogens (tertiary/aromatic N) is 1. The highest BCUT2D eigenvalue weighted by atomic mass is 35.5. The van der Waals surface area contributed by atoms with Gasteiger partial charge in [0.25, 0.3) is 0 Å². The summed E-state index contributed by atoms with van der Waals surface area (Å²) in [7, 11) is 1.96. The summed E-state index contributed by atoms with van der Waals surface area (Å²) in [5.41, 5.74) is 0. The largest absolute Gasteiger partial charge is 0.346 e. The van der Waals surface area contributed by atoms with E-state index in [4.69, 9.17) is 11.6 Å². The van der Waals surface area contributed by atoms with E-state index in [1.807, 2.05) is 11.9 Å². The highest BCUT2D eigenvalue weighted by Gasteiger charge is 2.21. The van der Waals surface area contributed by atoms with Crippen LogP contribution in [0.5, 0.6) is 0 Å². The first kappa shape index (κ1) is 15.8. The van der Waals surface area contributed by atoms with Gasteiger partial charge in [0.15, 0.2) is 0 Å². The number of carbonyl (C=O) groups is 1. The van der Waals surface area contributed by atoms with E-state index in [0.717, 1.165) is 44.5 Å². The summed E-state index contributed by atoms with van der Waals surface area (Å²) in [5, 5.41) is 0. The van der Waals surface area contributed by atoms with Crippen LogP contribution in [0.4, 0.5) is 0 Å². The highest BCUT2D eigenvalue weighted by molar-refractivity contribution is 6.17. The van der Waals surface area contributed by atoms with E-state index in [1.54, 1.807) is 0 Å². The Hall–Kier alpha value is -0.240. The van der Waals surface area contributed by atoms with Crippen LogP contribution in [0.15, 0.2) is 0 Å². The molecular formula is C15H28ClNO. The highest BCUT2D eigenvalue weighted by Crippen LogP contribution is 2.23. The van der Waals surface area contributed by atoms with Crippen LogP contribution in [0.3, 0.4) is 0 Å². The predicted octanol–water partition coefficient (Wildman–Crippen LogP) is 4.21. The molecule has 0 radical (unpaired) electrons. The van der Waals surface area contributed by atoms with Crippen LogP contribution in [0.1, 0.15) is 64.2 Å². The summed E-state index contributed by atoms with van der Waals surface area (Å²) < 4.78 is 0. The zero-order valence-corrected chi connectivity index (χ0v) is 12.6. The molecule has 106 valence electrons. The predicted molar refractivity (Wildman–Crippen MR) is 78.0 cm³/mol. The molecule has 1 aliphatic rings. The molecule has 0 bridgehead atoms. The van der Waals surface area contributed by atoms with Crippen LogP contribution in [0.2, 0.25) is 0 Å². The molecule has 1 saturated carbocycles. The lowest BCUT2D eigenvalue weighted by atomic mass is 9.90. The Morgan fingerprint density at radius 3 is 2.28 bits per heavy atom. The molecule has 2 nitrogen and oxygen atoms in total. The molecule has 0 N–H and O–H groups in total. The summed E-state index contributed by atoms with van der Waals surface area (Å²) >= 11 is 5.65. The molecule has 3 heteroatoms. The molecule has 0 heterocycles. The molecule has 0 aromatic carbocycles. The molecule has 0 aliphatic heterocycles. The maximum atomic E-state index is 12.3. The minimum absolute atomic E-state index is 0.295. The number of hydrogen-bond acceptors (Lipinski definition) is 1. The first-order valence-electron chi connectivity index (χ1n) is 7.56. The standard InChI is InChI=1S/C15H28ClNO/c1-17(13-9-5-8-12-16)15(18)14-10-6-3-2-4-7-11-14/h14H,2-13H2,1H3. The topological polar surface area (TPSA) is 20.3 Å². The number of amides is 1.